The Hall–Kier alpha value is -2.34. The summed E-state index contributed by atoms with van der Waals surface area (Å²) in [6.07, 6.45) is 5.19. The fraction of sp³-hybridized carbons (Fsp3) is 0.524. The molecule has 1 saturated heterocycles. The third-order valence-corrected chi connectivity index (χ3v) is 5.50. The molecule has 0 aromatic carbocycles. The van der Waals surface area contributed by atoms with E-state index in [2.05, 4.69) is 4.74 Å². The second-order valence-electron chi connectivity index (χ2n) is 7.47. The van der Waals surface area contributed by atoms with E-state index in [1.54, 1.807) is 6.92 Å². The molecule has 2 aliphatic rings. The first-order valence-electron chi connectivity index (χ1n) is 9.46. The number of aliphatic hydroxyl groups excluding tert-OH is 2. The molecule has 1 aliphatic carbocycles. The molecule has 0 atom stereocenters. The average molecular weight is 374 g/mol. The van der Waals surface area contributed by atoms with Crippen LogP contribution >= 0.6 is 0 Å². The van der Waals surface area contributed by atoms with Crippen molar-refractivity contribution in [1.29, 1.82) is 0 Å². The third-order valence-electron chi connectivity index (χ3n) is 5.50. The molecule has 2 N–H and O–H groups in total. The van der Waals surface area contributed by atoms with Crippen LogP contribution < -0.4 is 0 Å². The summed E-state index contributed by atoms with van der Waals surface area (Å²) < 4.78 is 10.7. The number of hydrogen-bond donors (Lipinski definition) is 2. The van der Waals surface area contributed by atoms with Crippen molar-refractivity contribution in [2.45, 2.75) is 71.3 Å². The second kappa shape index (κ2) is 7.72. The molecule has 2 fully saturated rings. The lowest BCUT2D eigenvalue weighted by Gasteiger charge is -2.20. The van der Waals surface area contributed by atoms with Gasteiger partial charge in [0.2, 0.25) is 0 Å². The zero-order valence-corrected chi connectivity index (χ0v) is 16.0. The number of aliphatic hydroxyl groups is 2. The number of cyclic esters (lactones) is 2. The van der Waals surface area contributed by atoms with Gasteiger partial charge in [0.05, 0.1) is 11.7 Å². The molecule has 146 valence electrons. The summed E-state index contributed by atoms with van der Waals surface area (Å²) in [5.41, 5.74) is 1.31. The van der Waals surface area contributed by atoms with Crippen LogP contribution in [-0.4, -0.2) is 28.3 Å². The standard InChI is InChI=1S/C21H26O6/c1-11(18-19(12(2)22)21(25)27-20(18)24)16-10-17(26-13(16)3)14-6-4-8-15(23)9-5-7-14/h10,14-15,22-23H,4-9H2,1-3H3/b18-11+,19-12-. The van der Waals surface area contributed by atoms with E-state index >= 15 is 0 Å². The molecule has 27 heavy (non-hydrogen) atoms. The average Bonchev–Trinajstić information content (AvgIpc) is 3.09. The molecule has 1 aromatic heterocycles. The van der Waals surface area contributed by atoms with Crippen molar-refractivity contribution in [2.75, 3.05) is 0 Å². The maximum Gasteiger partial charge on any atom is 0.350 e. The number of hydrogen-bond acceptors (Lipinski definition) is 6. The van der Waals surface area contributed by atoms with Gasteiger partial charge < -0.3 is 19.4 Å². The number of carbonyl (C=O) groups is 2. The van der Waals surface area contributed by atoms with Crippen molar-refractivity contribution in [2.24, 2.45) is 0 Å². The van der Waals surface area contributed by atoms with E-state index in [1.807, 2.05) is 13.0 Å². The van der Waals surface area contributed by atoms with Crippen LogP contribution in [0.2, 0.25) is 0 Å². The quantitative estimate of drug-likeness (QED) is 0.350. The summed E-state index contributed by atoms with van der Waals surface area (Å²) >= 11 is 0. The normalized spacial score (nSPS) is 27.9. The van der Waals surface area contributed by atoms with Gasteiger partial charge in [0.25, 0.3) is 0 Å². The topological polar surface area (TPSA) is 97.0 Å². The lowest BCUT2D eigenvalue weighted by Crippen LogP contribution is -2.11. The monoisotopic (exact) mass is 374 g/mol. The smallest absolute Gasteiger partial charge is 0.350 e. The van der Waals surface area contributed by atoms with Gasteiger partial charge in [-0.05, 0) is 58.1 Å². The highest BCUT2D eigenvalue weighted by atomic mass is 16.6. The zero-order valence-electron chi connectivity index (χ0n) is 16.0. The van der Waals surface area contributed by atoms with E-state index < -0.39 is 11.9 Å². The maximum atomic E-state index is 12.1. The maximum absolute atomic E-state index is 12.1. The van der Waals surface area contributed by atoms with E-state index in [9.17, 15) is 19.8 Å². The van der Waals surface area contributed by atoms with Gasteiger partial charge >= 0.3 is 11.9 Å². The first kappa shape index (κ1) is 19.4. The van der Waals surface area contributed by atoms with E-state index in [1.165, 1.54) is 6.92 Å². The molecule has 3 rings (SSSR count). The fourth-order valence-electron chi connectivity index (χ4n) is 4.05. The molecule has 1 saturated carbocycles. The summed E-state index contributed by atoms with van der Waals surface area (Å²) in [4.78, 5) is 24.0. The second-order valence-corrected chi connectivity index (χ2v) is 7.47. The first-order chi connectivity index (χ1) is 12.8. The van der Waals surface area contributed by atoms with Gasteiger partial charge in [-0.1, -0.05) is 12.8 Å². The number of allylic oxidation sites excluding steroid dienone is 2. The molecule has 0 radical (unpaired) electrons. The largest absolute Gasteiger partial charge is 0.512 e. The Kier molecular flexibility index (Phi) is 5.56. The van der Waals surface area contributed by atoms with Crippen LogP contribution in [0.15, 0.2) is 27.4 Å². The van der Waals surface area contributed by atoms with Gasteiger partial charge in [0, 0.05) is 11.5 Å². The van der Waals surface area contributed by atoms with Crippen LogP contribution in [0.3, 0.4) is 0 Å². The summed E-state index contributed by atoms with van der Waals surface area (Å²) in [6.45, 7) is 4.92. The van der Waals surface area contributed by atoms with Gasteiger partial charge in [-0.3, -0.25) is 0 Å². The van der Waals surface area contributed by atoms with Gasteiger partial charge in [0.1, 0.15) is 22.9 Å². The van der Waals surface area contributed by atoms with Crippen LogP contribution in [-0.2, 0) is 14.3 Å². The minimum absolute atomic E-state index is 0.0837. The molecule has 0 unspecified atom stereocenters. The molecule has 0 spiro atoms. The molecule has 6 heteroatoms. The number of carbonyl (C=O) groups excluding carboxylic acids is 2. The summed E-state index contributed by atoms with van der Waals surface area (Å²) in [5, 5.41) is 19.6. The molecule has 1 aliphatic heterocycles. The highest BCUT2D eigenvalue weighted by Crippen LogP contribution is 2.38. The lowest BCUT2D eigenvalue weighted by atomic mass is 9.88. The Bertz CT molecular complexity index is 812. The van der Waals surface area contributed by atoms with Crippen LogP contribution in [0.1, 0.15) is 75.4 Å². The lowest BCUT2D eigenvalue weighted by molar-refractivity contribution is -0.149. The van der Waals surface area contributed by atoms with E-state index in [-0.39, 0.29) is 28.9 Å². The van der Waals surface area contributed by atoms with Gasteiger partial charge in [0.15, 0.2) is 0 Å². The highest BCUT2D eigenvalue weighted by molar-refractivity contribution is 6.21. The van der Waals surface area contributed by atoms with Crippen LogP contribution in [0.5, 0.6) is 0 Å². The highest BCUT2D eigenvalue weighted by Gasteiger charge is 2.38. The SMILES string of the molecule is C/C(O)=C1/C(=O)OC(=O)/C1=C(\C)c1cc(C2CCCC(O)CCC2)oc1C. The van der Waals surface area contributed by atoms with Crippen LogP contribution in [0, 0.1) is 6.92 Å². The number of ether oxygens (including phenoxy) is 1. The number of rotatable bonds is 2. The molecule has 1 aromatic rings. The van der Waals surface area contributed by atoms with Crippen molar-refractivity contribution in [3.63, 3.8) is 0 Å². The minimum Gasteiger partial charge on any atom is -0.512 e. The van der Waals surface area contributed by atoms with E-state index in [0.29, 0.717) is 11.3 Å². The summed E-state index contributed by atoms with van der Waals surface area (Å²) in [7, 11) is 0. The van der Waals surface area contributed by atoms with E-state index in [0.717, 1.165) is 49.8 Å². The predicted molar refractivity (Wildman–Crippen MR) is 98.9 cm³/mol. The molecular formula is C21H26O6. The van der Waals surface area contributed by atoms with Gasteiger partial charge in [-0.25, -0.2) is 9.59 Å². The summed E-state index contributed by atoms with van der Waals surface area (Å²) in [6, 6.07) is 1.93. The van der Waals surface area contributed by atoms with Crippen molar-refractivity contribution in [3.8, 4) is 0 Å². The first-order valence-corrected chi connectivity index (χ1v) is 9.46. The van der Waals surface area contributed by atoms with Crippen LogP contribution in [0.25, 0.3) is 5.57 Å². The Morgan fingerprint density at radius 3 is 2.22 bits per heavy atom. The zero-order chi connectivity index (χ0) is 19.7. The molecule has 2 heterocycles. The Labute approximate surface area is 158 Å². The molecular weight excluding hydrogens is 348 g/mol. The summed E-state index contributed by atoms with van der Waals surface area (Å²) in [5.74, 6) is -0.00564. The minimum atomic E-state index is -0.825. The van der Waals surface area contributed by atoms with Crippen molar-refractivity contribution in [3.05, 3.63) is 40.1 Å². The predicted octanol–water partition coefficient (Wildman–Crippen LogP) is 4.08. The molecule has 0 amide bonds. The van der Waals surface area contributed by atoms with E-state index in [4.69, 9.17) is 4.42 Å². The van der Waals surface area contributed by atoms with Crippen LogP contribution in [0.4, 0.5) is 0 Å². The molecule has 6 nitrogen and oxygen atoms in total. The Morgan fingerprint density at radius 1 is 1.04 bits per heavy atom. The number of esters is 2. The van der Waals surface area contributed by atoms with Crippen molar-refractivity contribution >= 4 is 17.5 Å². The molecule has 0 bridgehead atoms. The Balaban J connectivity index is 1.95. The number of aryl methyl sites for hydroxylation is 1. The van der Waals surface area contributed by atoms with Crippen molar-refractivity contribution in [1.82, 2.24) is 0 Å². The van der Waals surface area contributed by atoms with Gasteiger partial charge in [-0.2, -0.15) is 0 Å². The Morgan fingerprint density at radius 2 is 1.63 bits per heavy atom. The van der Waals surface area contributed by atoms with Crippen molar-refractivity contribution < 1.29 is 29.0 Å². The van der Waals surface area contributed by atoms with Gasteiger partial charge in [-0.15, -0.1) is 0 Å². The fourth-order valence-corrected chi connectivity index (χ4v) is 4.05. The number of furan rings is 1. The third kappa shape index (κ3) is 3.86.